The van der Waals surface area contributed by atoms with Crippen molar-refractivity contribution in [2.24, 2.45) is 0 Å². The van der Waals surface area contributed by atoms with E-state index in [1.807, 2.05) is 6.07 Å². The normalized spacial score (nSPS) is 11.1. The van der Waals surface area contributed by atoms with Crippen LogP contribution in [0.3, 0.4) is 0 Å². The number of nitrogens with one attached hydrogen (secondary N) is 4. The van der Waals surface area contributed by atoms with Crippen molar-refractivity contribution in [3.8, 4) is 0 Å². The molecule has 0 radical (unpaired) electrons. The van der Waals surface area contributed by atoms with E-state index in [0.717, 1.165) is 0 Å². The second-order valence-corrected chi connectivity index (χ2v) is 7.05. The van der Waals surface area contributed by atoms with E-state index in [2.05, 4.69) is 37.5 Å². The molecule has 0 aliphatic rings. The Kier molecular flexibility index (Phi) is 5.60. The number of hydrogen-bond donors (Lipinski definition) is 5. The van der Waals surface area contributed by atoms with E-state index in [-0.39, 0.29) is 18.4 Å². The first kappa shape index (κ1) is 20.0. The minimum atomic E-state index is -0.764. The molecule has 2 amide bonds. The number of hydrogen-bond acceptors (Lipinski definition) is 6. The number of amides is 2. The fourth-order valence-corrected chi connectivity index (χ4v) is 2.55. The van der Waals surface area contributed by atoms with Crippen LogP contribution in [-0.2, 0) is 4.79 Å². The van der Waals surface area contributed by atoms with E-state index in [1.165, 1.54) is 18.5 Å². The number of fused-ring (bicyclic) bond motifs is 1. The zero-order chi connectivity index (χ0) is 21.0. The zero-order valence-electron chi connectivity index (χ0n) is 16.1. The van der Waals surface area contributed by atoms with Crippen LogP contribution >= 0.6 is 0 Å². The van der Waals surface area contributed by atoms with Gasteiger partial charge in [-0.2, -0.15) is 0 Å². The fourth-order valence-electron chi connectivity index (χ4n) is 2.55. The van der Waals surface area contributed by atoms with E-state index in [4.69, 9.17) is 0 Å². The van der Waals surface area contributed by atoms with Crippen LogP contribution in [0, 0.1) is 0 Å². The molecule has 9 nitrogen and oxygen atoms in total. The minimum absolute atomic E-state index is 0.196. The van der Waals surface area contributed by atoms with Crippen LogP contribution in [0.15, 0.2) is 49.3 Å². The lowest BCUT2D eigenvalue weighted by Gasteiger charge is -2.23. The van der Waals surface area contributed by atoms with Gasteiger partial charge in [0.05, 0.1) is 23.9 Å². The summed E-state index contributed by atoms with van der Waals surface area (Å²) in [6.45, 7) is 6.67. The molecule has 1 aromatic carbocycles. The molecule has 2 heterocycles. The first-order valence-corrected chi connectivity index (χ1v) is 8.89. The average Bonchev–Trinajstić information content (AvgIpc) is 3.11. The molecule has 0 spiro atoms. The van der Waals surface area contributed by atoms with Crippen LogP contribution in [0.2, 0.25) is 0 Å². The van der Waals surface area contributed by atoms with E-state index in [0.29, 0.717) is 33.9 Å². The highest BCUT2D eigenvalue weighted by molar-refractivity contribution is 6.05. The summed E-state index contributed by atoms with van der Waals surface area (Å²) in [5.41, 5.74) is 1.71. The number of aromatic nitrogens is 3. The number of benzene rings is 1. The monoisotopic (exact) mass is 394 g/mol. The average molecular weight is 394 g/mol. The molecule has 0 aliphatic carbocycles. The summed E-state index contributed by atoms with van der Waals surface area (Å²) >= 11 is 0. The molecule has 0 atom stereocenters. The van der Waals surface area contributed by atoms with E-state index in [1.54, 1.807) is 32.0 Å². The number of nitrogens with zero attached hydrogens (tertiary/aromatic N) is 2. The van der Waals surface area contributed by atoms with E-state index in [9.17, 15) is 14.7 Å². The van der Waals surface area contributed by atoms with Crippen LogP contribution in [-0.4, -0.2) is 44.0 Å². The van der Waals surface area contributed by atoms with Gasteiger partial charge in [0.25, 0.3) is 5.91 Å². The van der Waals surface area contributed by atoms with Gasteiger partial charge in [-0.1, -0.05) is 12.6 Å². The third-order valence-electron chi connectivity index (χ3n) is 4.06. The number of aliphatic hydroxyl groups is 1. The molecule has 150 valence electrons. The van der Waals surface area contributed by atoms with Crippen molar-refractivity contribution in [1.29, 1.82) is 0 Å². The molecule has 3 aromatic rings. The van der Waals surface area contributed by atoms with Crippen molar-refractivity contribution in [2.45, 2.75) is 19.4 Å². The molecule has 5 N–H and O–H groups in total. The molecule has 9 heteroatoms. The second-order valence-electron chi connectivity index (χ2n) is 7.05. The lowest BCUT2D eigenvalue weighted by atomic mass is 10.1. The lowest BCUT2D eigenvalue weighted by molar-refractivity contribution is -0.111. The van der Waals surface area contributed by atoms with Gasteiger partial charge in [-0.25, -0.2) is 9.97 Å². The van der Waals surface area contributed by atoms with Crippen molar-refractivity contribution >= 4 is 40.2 Å². The second kappa shape index (κ2) is 8.11. The number of anilines is 3. The predicted octanol–water partition coefficient (Wildman–Crippen LogP) is 2.33. The van der Waals surface area contributed by atoms with E-state index < -0.39 is 5.54 Å². The van der Waals surface area contributed by atoms with Crippen LogP contribution in [0.4, 0.5) is 17.2 Å². The molecule has 0 aliphatic heterocycles. The largest absolute Gasteiger partial charge is 0.394 e. The molecular formula is C20H22N6O3. The molecule has 29 heavy (non-hydrogen) atoms. The SMILES string of the molecule is C=CC(=O)Nc1cccc(Nc2cnc3[nH]cc(C(=O)NC(C)(C)CO)c3n2)c1. The molecular weight excluding hydrogens is 372 g/mol. The molecule has 3 rings (SSSR count). The first-order valence-electron chi connectivity index (χ1n) is 8.89. The number of carbonyl (C=O) groups excluding carboxylic acids is 2. The topological polar surface area (TPSA) is 132 Å². The summed E-state index contributed by atoms with van der Waals surface area (Å²) in [6.07, 6.45) is 4.26. The predicted molar refractivity (Wildman–Crippen MR) is 111 cm³/mol. The number of aromatic amines is 1. The highest BCUT2D eigenvalue weighted by Gasteiger charge is 2.23. The maximum absolute atomic E-state index is 12.6. The summed E-state index contributed by atoms with van der Waals surface area (Å²) in [4.78, 5) is 35.7. The Labute approximate surface area is 167 Å². The van der Waals surface area contributed by atoms with Crippen molar-refractivity contribution in [3.05, 3.63) is 54.9 Å². The summed E-state index contributed by atoms with van der Waals surface area (Å²) in [7, 11) is 0. The summed E-state index contributed by atoms with van der Waals surface area (Å²) < 4.78 is 0. The van der Waals surface area contributed by atoms with Gasteiger partial charge in [0.2, 0.25) is 5.91 Å². The smallest absolute Gasteiger partial charge is 0.255 e. The van der Waals surface area contributed by atoms with Gasteiger partial charge >= 0.3 is 0 Å². The Bertz CT molecular complexity index is 1070. The summed E-state index contributed by atoms with van der Waals surface area (Å²) in [5, 5.41) is 17.9. The number of aliphatic hydroxyl groups excluding tert-OH is 1. The number of H-pyrrole nitrogens is 1. The maximum Gasteiger partial charge on any atom is 0.255 e. The number of carbonyl (C=O) groups is 2. The van der Waals surface area contributed by atoms with Crippen LogP contribution in [0.25, 0.3) is 11.2 Å². The Morgan fingerprint density at radius 1 is 1.31 bits per heavy atom. The van der Waals surface area contributed by atoms with Crippen LogP contribution in [0.5, 0.6) is 0 Å². The van der Waals surface area contributed by atoms with Crippen LogP contribution < -0.4 is 16.0 Å². The van der Waals surface area contributed by atoms with Gasteiger partial charge in [0.1, 0.15) is 11.3 Å². The molecule has 0 saturated carbocycles. The van der Waals surface area contributed by atoms with Gasteiger partial charge in [-0.05, 0) is 38.1 Å². The lowest BCUT2D eigenvalue weighted by Crippen LogP contribution is -2.46. The zero-order valence-corrected chi connectivity index (χ0v) is 16.1. The molecule has 0 fully saturated rings. The Hall–Kier alpha value is -3.72. The number of rotatable bonds is 7. The van der Waals surface area contributed by atoms with Crippen molar-refractivity contribution in [2.75, 3.05) is 17.2 Å². The van der Waals surface area contributed by atoms with Crippen molar-refractivity contribution in [3.63, 3.8) is 0 Å². The Balaban J connectivity index is 1.85. The maximum atomic E-state index is 12.6. The molecule has 0 bridgehead atoms. The standard InChI is InChI=1S/C20H22N6O3/c1-4-16(28)24-13-7-5-6-12(8-13)23-15-10-22-18-17(25-15)14(9-21-18)19(29)26-20(2,3)11-27/h4-10,27H,1,11H2,2-3H3,(H,21,22)(H,23,25)(H,24,28)(H,26,29). The Morgan fingerprint density at radius 3 is 2.79 bits per heavy atom. The molecule has 0 unspecified atom stereocenters. The van der Waals surface area contributed by atoms with Gasteiger partial charge in [0, 0.05) is 17.6 Å². The highest BCUT2D eigenvalue weighted by Crippen LogP contribution is 2.22. The summed E-state index contributed by atoms with van der Waals surface area (Å²) in [6, 6.07) is 7.07. The quantitative estimate of drug-likeness (QED) is 0.391. The van der Waals surface area contributed by atoms with Crippen molar-refractivity contribution in [1.82, 2.24) is 20.3 Å². The molecule has 2 aromatic heterocycles. The Morgan fingerprint density at radius 2 is 2.07 bits per heavy atom. The van der Waals surface area contributed by atoms with Crippen LogP contribution in [0.1, 0.15) is 24.2 Å². The highest BCUT2D eigenvalue weighted by atomic mass is 16.3. The third-order valence-corrected chi connectivity index (χ3v) is 4.06. The van der Waals surface area contributed by atoms with Gasteiger partial charge < -0.3 is 26.0 Å². The third kappa shape index (κ3) is 4.77. The van der Waals surface area contributed by atoms with E-state index >= 15 is 0 Å². The first-order chi connectivity index (χ1) is 13.8. The van der Waals surface area contributed by atoms with Gasteiger partial charge in [-0.15, -0.1) is 0 Å². The van der Waals surface area contributed by atoms with Gasteiger partial charge in [0.15, 0.2) is 5.65 Å². The van der Waals surface area contributed by atoms with Crippen molar-refractivity contribution < 1.29 is 14.7 Å². The summed E-state index contributed by atoms with van der Waals surface area (Å²) in [5.74, 6) is -0.243. The minimum Gasteiger partial charge on any atom is -0.394 e. The fraction of sp³-hybridized carbons (Fsp3) is 0.200. The molecule has 0 saturated heterocycles. The van der Waals surface area contributed by atoms with Gasteiger partial charge in [-0.3, -0.25) is 9.59 Å².